The van der Waals surface area contributed by atoms with Crippen molar-refractivity contribution in [2.75, 3.05) is 19.6 Å². The van der Waals surface area contributed by atoms with E-state index in [1.165, 1.54) is 18.2 Å². The van der Waals surface area contributed by atoms with E-state index < -0.39 is 49.6 Å². The summed E-state index contributed by atoms with van der Waals surface area (Å²) in [5, 5.41) is 6.23. The number of fused-ring (bicyclic) bond motifs is 3. The number of amides is 1. The molecule has 5 rings (SSSR count). The molecule has 0 spiro atoms. The number of halogens is 6. The topological polar surface area (TPSA) is 75.3 Å². The van der Waals surface area contributed by atoms with E-state index in [1.807, 2.05) is 0 Å². The van der Waals surface area contributed by atoms with Crippen LogP contribution >= 0.6 is 12.4 Å². The highest BCUT2D eigenvalue weighted by atomic mass is 35.5. The molecule has 1 aliphatic heterocycles. The Kier molecular flexibility index (Phi) is 8.35. The van der Waals surface area contributed by atoms with Crippen LogP contribution in [0.2, 0.25) is 0 Å². The summed E-state index contributed by atoms with van der Waals surface area (Å²) in [5.74, 6) is -1.83. The van der Waals surface area contributed by atoms with Crippen molar-refractivity contribution in [3.05, 3.63) is 65.0 Å². The van der Waals surface area contributed by atoms with Crippen LogP contribution in [0.4, 0.5) is 22.0 Å². The molecule has 0 aromatic heterocycles. The molecule has 5 atom stereocenters. The maximum Gasteiger partial charge on any atom is 0.426 e. The normalized spacial score (nSPS) is 27.7. The zero-order valence-electron chi connectivity index (χ0n) is 21.9. The Balaban J connectivity index is 0.00000370. The Labute approximate surface area is 236 Å². The van der Waals surface area contributed by atoms with Crippen LogP contribution in [0.15, 0.2) is 47.4 Å². The predicted molar refractivity (Wildman–Crippen MR) is 142 cm³/mol. The van der Waals surface area contributed by atoms with Crippen LogP contribution in [0, 0.1) is 23.6 Å². The molecule has 2 aromatic rings. The van der Waals surface area contributed by atoms with Gasteiger partial charge in [0.15, 0.2) is 9.84 Å². The predicted octanol–water partition coefficient (Wildman–Crippen LogP) is 5.36. The van der Waals surface area contributed by atoms with Gasteiger partial charge in [0.2, 0.25) is 11.6 Å². The summed E-state index contributed by atoms with van der Waals surface area (Å²) in [6.45, 7) is 2.58. The molecule has 2 aliphatic carbocycles. The molecule has 2 N–H and O–H groups in total. The molecule has 1 saturated carbocycles. The third-order valence-corrected chi connectivity index (χ3v) is 11.5. The molecule has 12 heteroatoms. The van der Waals surface area contributed by atoms with Crippen molar-refractivity contribution in [2.24, 2.45) is 17.8 Å². The number of carbonyl (C=O) groups excluding carboxylic acids is 1. The molecule has 1 heterocycles. The fourth-order valence-electron chi connectivity index (χ4n) is 6.71. The molecule has 5 nitrogen and oxygen atoms in total. The van der Waals surface area contributed by atoms with Crippen molar-refractivity contribution in [1.82, 2.24) is 10.6 Å². The number of alkyl halides is 4. The fourth-order valence-corrected chi connectivity index (χ4v) is 9.18. The smallest absolute Gasteiger partial charge is 0.356 e. The largest absolute Gasteiger partial charge is 0.426 e. The second-order valence-corrected chi connectivity index (χ2v) is 13.3. The zero-order valence-corrected chi connectivity index (χ0v) is 23.5. The van der Waals surface area contributed by atoms with Crippen LogP contribution in [0.5, 0.6) is 0 Å². The van der Waals surface area contributed by atoms with Gasteiger partial charge >= 0.3 is 6.18 Å². The van der Waals surface area contributed by atoms with Gasteiger partial charge in [0.1, 0.15) is 10.6 Å². The summed E-state index contributed by atoms with van der Waals surface area (Å²) in [4.78, 5) is 13.2. The van der Waals surface area contributed by atoms with Crippen molar-refractivity contribution >= 4 is 28.2 Å². The first kappa shape index (κ1) is 30.7. The third kappa shape index (κ3) is 4.91. The van der Waals surface area contributed by atoms with E-state index >= 15 is 0 Å². The van der Waals surface area contributed by atoms with E-state index in [4.69, 9.17) is 0 Å². The number of aryl methyl sites for hydroxylation is 1. The molecular formula is C28H32ClF5N2O3S. The van der Waals surface area contributed by atoms with E-state index in [9.17, 15) is 35.2 Å². The summed E-state index contributed by atoms with van der Waals surface area (Å²) in [6.07, 6.45) is -3.45. The van der Waals surface area contributed by atoms with E-state index in [-0.39, 0.29) is 54.8 Å². The van der Waals surface area contributed by atoms with E-state index in [1.54, 1.807) is 0 Å². The van der Waals surface area contributed by atoms with Crippen LogP contribution in [0.3, 0.4) is 0 Å². The highest BCUT2D eigenvalue weighted by Crippen LogP contribution is 2.59. The lowest BCUT2D eigenvalue weighted by molar-refractivity contribution is -0.228. The van der Waals surface area contributed by atoms with E-state index in [0.29, 0.717) is 24.6 Å². The number of carbonyl (C=O) groups is 1. The van der Waals surface area contributed by atoms with Crippen LogP contribution in [-0.2, 0) is 31.5 Å². The Bertz CT molecular complexity index is 1360. The summed E-state index contributed by atoms with van der Waals surface area (Å²) >= 11 is 0. The lowest BCUT2D eigenvalue weighted by Crippen LogP contribution is -2.47. The van der Waals surface area contributed by atoms with Gasteiger partial charge in [0.25, 0.3) is 0 Å². The summed E-state index contributed by atoms with van der Waals surface area (Å²) in [5.41, 5.74) is -3.60. The molecule has 2 aromatic carbocycles. The van der Waals surface area contributed by atoms with Gasteiger partial charge in [-0.25, -0.2) is 17.2 Å². The summed E-state index contributed by atoms with van der Waals surface area (Å²) < 4.78 is 95.9. The monoisotopic (exact) mass is 606 g/mol. The maximum atomic E-state index is 14.8. The van der Waals surface area contributed by atoms with E-state index in [0.717, 1.165) is 43.8 Å². The van der Waals surface area contributed by atoms with E-state index in [2.05, 4.69) is 10.6 Å². The lowest BCUT2D eigenvalue weighted by Gasteiger charge is -2.42. The van der Waals surface area contributed by atoms with Gasteiger partial charge in [0.05, 0.1) is 4.90 Å². The first-order valence-electron chi connectivity index (χ1n) is 13.2. The minimum Gasteiger partial charge on any atom is -0.356 e. The van der Waals surface area contributed by atoms with Gasteiger partial charge < -0.3 is 10.6 Å². The van der Waals surface area contributed by atoms with Gasteiger partial charge in [-0.3, -0.25) is 4.79 Å². The Morgan fingerprint density at radius 2 is 1.77 bits per heavy atom. The maximum absolute atomic E-state index is 14.8. The van der Waals surface area contributed by atoms with Gasteiger partial charge in [-0.2, -0.15) is 13.2 Å². The Morgan fingerprint density at radius 3 is 2.40 bits per heavy atom. The molecule has 3 aliphatic rings. The van der Waals surface area contributed by atoms with Gasteiger partial charge in [0, 0.05) is 12.5 Å². The van der Waals surface area contributed by atoms with Crippen LogP contribution in [0.1, 0.15) is 49.3 Å². The molecule has 0 radical (unpaired) electrons. The van der Waals surface area contributed by atoms with Crippen molar-refractivity contribution < 1.29 is 35.2 Å². The Morgan fingerprint density at radius 1 is 1.07 bits per heavy atom. The molecule has 220 valence electrons. The second kappa shape index (κ2) is 10.9. The number of hydrogen-bond donors (Lipinski definition) is 2. The highest BCUT2D eigenvalue weighted by molar-refractivity contribution is 7.92. The van der Waals surface area contributed by atoms with Crippen molar-refractivity contribution in [2.45, 2.75) is 60.5 Å². The van der Waals surface area contributed by atoms with Crippen molar-refractivity contribution in [3.63, 3.8) is 0 Å². The molecular weight excluding hydrogens is 575 g/mol. The number of benzene rings is 2. The molecule has 2 fully saturated rings. The highest BCUT2D eigenvalue weighted by Gasteiger charge is 2.62. The average molecular weight is 607 g/mol. The average Bonchev–Trinajstić information content (AvgIpc) is 3.55. The quantitative estimate of drug-likeness (QED) is 0.343. The molecule has 2 unspecified atom stereocenters. The fraction of sp³-hybridized carbons (Fsp3) is 0.536. The zero-order chi connectivity index (χ0) is 28.2. The number of rotatable bonds is 6. The number of sulfone groups is 1. The first-order chi connectivity index (χ1) is 18.3. The lowest BCUT2D eigenvalue weighted by atomic mass is 9.72. The third-order valence-electron chi connectivity index (χ3n) is 8.94. The molecule has 0 bridgehead atoms. The van der Waals surface area contributed by atoms with Crippen LogP contribution < -0.4 is 10.6 Å². The van der Waals surface area contributed by atoms with Crippen molar-refractivity contribution in [1.29, 1.82) is 0 Å². The number of hydrogen-bond acceptors (Lipinski definition) is 4. The molecule has 1 saturated heterocycles. The van der Waals surface area contributed by atoms with Gasteiger partial charge in [-0.05, 0) is 105 Å². The SMILES string of the molecule is CC(F)(c1ccc2c(c1)CC[C@H]1[C@H](C(=O)NCC3CCNC3)CC[C@@]21S(=O)(=O)c1ccc(F)cc1)C(F)(F)F.Cl. The molecule has 40 heavy (non-hydrogen) atoms. The number of nitrogens with one attached hydrogen (secondary N) is 2. The van der Waals surface area contributed by atoms with Gasteiger partial charge in [-0.15, -0.1) is 12.4 Å². The summed E-state index contributed by atoms with van der Waals surface area (Å²) in [7, 11) is -4.24. The molecule has 1 amide bonds. The first-order valence-corrected chi connectivity index (χ1v) is 14.7. The van der Waals surface area contributed by atoms with Crippen LogP contribution in [0.25, 0.3) is 0 Å². The second-order valence-electron chi connectivity index (χ2n) is 11.1. The summed E-state index contributed by atoms with van der Waals surface area (Å²) in [6, 6.07) is 7.81. The Hall–Kier alpha value is -2.24. The minimum atomic E-state index is -5.15. The van der Waals surface area contributed by atoms with Crippen LogP contribution in [-0.4, -0.2) is 40.1 Å². The standard InChI is InChI=1S/C28H31F5N2O3S.ClH/c1-26(30,28(31,32)33)19-3-9-23-18(14-19)2-8-24-22(25(36)35-16-17-11-13-34-15-17)10-12-27(23,24)39(37,38)21-6-4-20(29)5-7-21;/h3-7,9,14,17,22,24,34H,2,8,10-13,15-16H2,1H3,(H,35,36);1H/t17?,22-,24+,26?,27-;/m1./s1. The van der Waals surface area contributed by atoms with Gasteiger partial charge in [-0.1, -0.05) is 18.2 Å². The minimum absolute atomic E-state index is 0. The van der Waals surface area contributed by atoms with Crippen molar-refractivity contribution in [3.8, 4) is 0 Å².